The topological polar surface area (TPSA) is 34.2 Å². The van der Waals surface area contributed by atoms with Gasteiger partial charge in [0.25, 0.3) is 0 Å². The predicted molar refractivity (Wildman–Crippen MR) is 59.9 cm³/mol. The molecule has 0 atom stereocenters. The number of pyridine rings is 1. The summed E-state index contributed by atoms with van der Waals surface area (Å²) in [5, 5.41) is 3.47. The van der Waals surface area contributed by atoms with Gasteiger partial charge in [-0.05, 0) is 12.1 Å². The van der Waals surface area contributed by atoms with E-state index in [1.54, 1.807) is 0 Å². The van der Waals surface area contributed by atoms with Crippen molar-refractivity contribution < 1.29 is 4.74 Å². The van der Waals surface area contributed by atoms with Crippen molar-refractivity contribution in [1.29, 1.82) is 0 Å². The standard InChI is InChI=1S/C12H18N2O/c1-10(2)14-7-12(8-15-9-12)11-5-3-4-6-13-11/h3-6,10,14H,7-9H2,1-2H3. The van der Waals surface area contributed by atoms with Crippen molar-refractivity contribution in [1.82, 2.24) is 10.3 Å². The fourth-order valence-electron chi connectivity index (χ4n) is 1.76. The Balaban J connectivity index is 2.08. The molecule has 1 aromatic heterocycles. The van der Waals surface area contributed by atoms with E-state index >= 15 is 0 Å². The first-order chi connectivity index (χ1) is 7.23. The van der Waals surface area contributed by atoms with Crippen LogP contribution in [0.15, 0.2) is 24.4 Å². The van der Waals surface area contributed by atoms with Crippen molar-refractivity contribution >= 4 is 0 Å². The van der Waals surface area contributed by atoms with Crippen LogP contribution in [-0.2, 0) is 10.2 Å². The van der Waals surface area contributed by atoms with Gasteiger partial charge in [0.1, 0.15) is 0 Å². The lowest BCUT2D eigenvalue weighted by molar-refractivity contribution is -0.0617. The monoisotopic (exact) mass is 206 g/mol. The molecule has 2 heterocycles. The molecule has 1 aromatic rings. The lowest BCUT2D eigenvalue weighted by atomic mass is 9.81. The van der Waals surface area contributed by atoms with Gasteiger partial charge >= 0.3 is 0 Å². The van der Waals surface area contributed by atoms with Crippen molar-refractivity contribution in [3.63, 3.8) is 0 Å². The molecule has 1 N–H and O–H groups in total. The van der Waals surface area contributed by atoms with E-state index in [9.17, 15) is 0 Å². The van der Waals surface area contributed by atoms with Crippen LogP contribution in [0.2, 0.25) is 0 Å². The molecule has 82 valence electrons. The average Bonchev–Trinajstić information content (AvgIpc) is 2.17. The van der Waals surface area contributed by atoms with Gasteiger partial charge in [-0.1, -0.05) is 19.9 Å². The first-order valence-corrected chi connectivity index (χ1v) is 5.46. The van der Waals surface area contributed by atoms with Crippen molar-refractivity contribution in [3.05, 3.63) is 30.1 Å². The van der Waals surface area contributed by atoms with Crippen molar-refractivity contribution in [2.24, 2.45) is 0 Å². The normalized spacial score (nSPS) is 18.9. The van der Waals surface area contributed by atoms with Gasteiger partial charge in [-0.25, -0.2) is 0 Å². The van der Waals surface area contributed by atoms with Crippen LogP contribution in [0, 0.1) is 0 Å². The molecule has 0 amide bonds. The van der Waals surface area contributed by atoms with Crippen LogP contribution < -0.4 is 5.32 Å². The van der Waals surface area contributed by atoms with Gasteiger partial charge in [-0.2, -0.15) is 0 Å². The summed E-state index contributed by atoms with van der Waals surface area (Å²) in [6.45, 7) is 6.83. The van der Waals surface area contributed by atoms with E-state index in [0.717, 1.165) is 25.5 Å². The first-order valence-electron chi connectivity index (χ1n) is 5.46. The second kappa shape index (κ2) is 4.29. The van der Waals surface area contributed by atoms with E-state index in [4.69, 9.17) is 4.74 Å². The average molecular weight is 206 g/mol. The van der Waals surface area contributed by atoms with Gasteiger partial charge in [0, 0.05) is 18.8 Å². The first kappa shape index (κ1) is 10.6. The molecule has 3 heteroatoms. The molecule has 2 rings (SSSR count). The summed E-state index contributed by atoms with van der Waals surface area (Å²) in [4.78, 5) is 4.43. The Morgan fingerprint density at radius 2 is 2.27 bits per heavy atom. The Kier molecular flexibility index (Phi) is 3.03. The zero-order valence-corrected chi connectivity index (χ0v) is 9.36. The molecule has 0 aromatic carbocycles. The summed E-state index contributed by atoms with van der Waals surface area (Å²) in [6.07, 6.45) is 1.85. The Morgan fingerprint density at radius 1 is 1.47 bits per heavy atom. The van der Waals surface area contributed by atoms with Crippen LogP contribution in [0.25, 0.3) is 0 Å². The third-order valence-electron chi connectivity index (χ3n) is 2.81. The largest absolute Gasteiger partial charge is 0.379 e. The van der Waals surface area contributed by atoms with Crippen LogP contribution in [0.3, 0.4) is 0 Å². The summed E-state index contributed by atoms with van der Waals surface area (Å²) in [5.74, 6) is 0. The molecule has 0 radical (unpaired) electrons. The maximum Gasteiger partial charge on any atom is 0.0716 e. The van der Waals surface area contributed by atoms with Gasteiger partial charge < -0.3 is 10.1 Å². The second-order valence-electron chi connectivity index (χ2n) is 4.52. The van der Waals surface area contributed by atoms with E-state index < -0.39 is 0 Å². The number of rotatable bonds is 4. The highest BCUT2D eigenvalue weighted by Crippen LogP contribution is 2.30. The van der Waals surface area contributed by atoms with Crippen molar-refractivity contribution in [3.8, 4) is 0 Å². The number of ether oxygens (including phenoxy) is 1. The van der Waals surface area contributed by atoms with Gasteiger partial charge in [0.05, 0.1) is 24.3 Å². The highest BCUT2D eigenvalue weighted by Gasteiger charge is 2.41. The summed E-state index contributed by atoms with van der Waals surface area (Å²) in [5.41, 5.74) is 1.25. The summed E-state index contributed by atoms with van der Waals surface area (Å²) in [7, 11) is 0. The maximum absolute atomic E-state index is 5.34. The molecular weight excluding hydrogens is 188 g/mol. The van der Waals surface area contributed by atoms with Crippen LogP contribution in [-0.4, -0.2) is 30.8 Å². The minimum atomic E-state index is 0.103. The molecule has 0 spiro atoms. The molecule has 15 heavy (non-hydrogen) atoms. The minimum Gasteiger partial charge on any atom is -0.379 e. The third kappa shape index (κ3) is 2.19. The molecule has 1 aliphatic rings. The predicted octanol–water partition coefficient (Wildman–Crippen LogP) is 1.35. The second-order valence-corrected chi connectivity index (χ2v) is 4.52. The number of hydrogen-bond acceptors (Lipinski definition) is 3. The quantitative estimate of drug-likeness (QED) is 0.807. The number of hydrogen-bond donors (Lipinski definition) is 1. The van der Waals surface area contributed by atoms with E-state index in [0.29, 0.717) is 6.04 Å². The molecule has 3 nitrogen and oxygen atoms in total. The van der Waals surface area contributed by atoms with E-state index in [1.807, 2.05) is 18.3 Å². The Labute approximate surface area is 90.9 Å². The van der Waals surface area contributed by atoms with Gasteiger partial charge in [0.2, 0.25) is 0 Å². The summed E-state index contributed by atoms with van der Waals surface area (Å²) in [6, 6.07) is 6.58. The van der Waals surface area contributed by atoms with E-state index in [2.05, 4.69) is 30.2 Å². The number of nitrogens with zero attached hydrogens (tertiary/aromatic N) is 1. The molecule has 1 aliphatic heterocycles. The fraction of sp³-hybridized carbons (Fsp3) is 0.583. The van der Waals surface area contributed by atoms with Crippen molar-refractivity contribution in [2.45, 2.75) is 25.3 Å². The minimum absolute atomic E-state index is 0.103. The zero-order valence-electron chi connectivity index (χ0n) is 9.36. The molecule has 0 bridgehead atoms. The summed E-state index contributed by atoms with van der Waals surface area (Å²) < 4.78 is 5.34. The Hall–Kier alpha value is -0.930. The smallest absolute Gasteiger partial charge is 0.0716 e. The molecule has 0 unspecified atom stereocenters. The molecule has 0 saturated carbocycles. The SMILES string of the molecule is CC(C)NCC1(c2ccccn2)COC1. The zero-order chi connectivity index (χ0) is 10.7. The van der Waals surface area contributed by atoms with Gasteiger partial charge in [0.15, 0.2) is 0 Å². The fourth-order valence-corrected chi connectivity index (χ4v) is 1.76. The molecule has 1 saturated heterocycles. The lowest BCUT2D eigenvalue weighted by Gasteiger charge is -2.41. The van der Waals surface area contributed by atoms with E-state index in [-0.39, 0.29) is 5.41 Å². The van der Waals surface area contributed by atoms with Crippen LogP contribution >= 0.6 is 0 Å². The lowest BCUT2D eigenvalue weighted by Crippen LogP contribution is -2.54. The molecule has 0 aliphatic carbocycles. The maximum atomic E-state index is 5.34. The van der Waals surface area contributed by atoms with Crippen LogP contribution in [0.4, 0.5) is 0 Å². The highest BCUT2D eigenvalue weighted by atomic mass is 16.5. The number of nitrogens with one attached hydrogen (secondary N) is 1. The van der Waals surface area contributed by atoms with Gasteiger partial charge in [-0.15, -0.1) is 0 Å². The Morgan fingerprint density at radius 3 is 2.73 bits per heavy atom. The van der Waals surface area contributed by atoms with Crippen LogP contribution in [0.5, 0.6) is 0 Å². The van der Waals surface area contributed by atoms with Crippen LogP contribution in [0.1, 0.15) is 19.5 Å². The number of aromatic nitrogens is 1. The third-order valence-corrected chi connectivity index (χ3v) is 2.81. The summed E-state index contributed by atoms with van der Waals surface area (Å²) >= 11 is 0. The van der Waals surface area contributed by atoms with Crippen molar-refractivity contribution in [2.75, 3.05) is 19.8 Å². The van der Waals surface area contributed by atoms with Gasteiger partial charge in [-0.3, -0.25) is 4.98 Å². The molecule has 1 fully saturated rings. The highest BCUT2D eigenvalue weighted by molar-refractivity contribution is 5.21. The molecular formula is C12H18N2O. The van der Waals surface area contributed by atoms with E-state index in [1.165, 1.54) is 0 Å². The Bertz CT molecular complexity index is 307.